The molecule has 0 aromatic carbocycles. The average Bonchev–Trinajstić information content (AvgIpc) is 2.75. The predicted octanol–water partition coefficient (Wildman–Crippen LogP) is 2.92. The Morgan fingerprint density at radius 2 is 2.07 bits per heavy atom. The third-order valence-electron chi connectivity index (χ3n) is 4.03. The zero-order chi connectivity index (χ0) is 11.1. The molecule has 2 aliphatic rings. The van der Waals surface area contributed by atoms with Crippen LogP contribution in [0.2, 0.25) is 0 Å². The van der Waals surface area contributed by atoms with Crippen LogP contribution in [0.1, 0.15) is 38.5 Å². The Morgan fingerprint density at radius 3 is 2.53 bits per heavy atom. The van der Waals surface area contributed by atoms with Crippen molar-refractivity contribution in [2.24, 2.45) is 17.8 Å². The third kappa shape index (κ3) is 2.13. The molecule has 2 nitrogen and oxygen atoms in total. The zero-order valence-electron chi connectivity index (χ0n) is 8.59. The van der Waals surface area contributed by atoms with Crippen molar-refractivity contribution in [2.45, 2.75) is 44.4 Å². The van der Waals surface area contributed by atoms with Crippen LogP contribution >= 0.6 is 0 Å². The van der Waals surface area contributed by atoms with Gasteiger partial charge in [-0.3, -0.25) is 0 Å². The van der Waals surface area contributed by atoms with E-state index >= 15 is 0 Å². The van der Waals surface area contributed by atoms with E-state index in [-0.39, 0.29) is 0 Å². The molecule has 15 heavy (non-hydrogen) atoms. The molecule has 0 spiro atoms. The van der Waals surface area contributed by atoms with E-state index in [4.69, 9.17) is 5.11 Å². The second-order valence-corrected chi connectivity index (χ2v) is 4.98. The summed E-state index contributed by atoms with van der Waals surface area (Å²) in [7, 11) is 0. The molecule has 86 valence electrons. The maximum atomic E-state index is 12.8. The van der Waals surface area contributed by atoms with Gasteiger partial charge < -0.3 is 5.11 Å². The average molecular weight is 218 g/mol. The van der Waals surface area contributed by atoms with Gasteiger partial charge in [0.1, 0.15) is 0 Å². The van der Waals surface area contributed by atoms with Crippen molar-refractivity contribution >= 4 is 5.97 Å². The lowest BCUT2D eigenvalue weighted by atomic mass is 9.85. The van der Waals surface area contributed by atoms with Gasteiger partial charge in [0.15, 0.2) is 0 Å². The third-order valence-corrected chi connectivity index (χ3v) is 4.03. The van der Waals surface area contributed by atoms with Crippen LogP contribution in [0.15, 0.2) is 0 Å². The number of hydrogen-bond donors (Lipinski definition) is 1. The van der Waals surface area contributed by atoms with Crippen LogP contribution in [0.5, 0.6) is 0 Å². The van der Waals surface area contributed by atoms with Crippen LogP contribution in [-0.4, -0.2) is 17.0 Å². The molecule has 2 aliphatic carbocycles. The van der Waals surface area contributed by atoms with Gasteiger partial charge in [0.2, 0.25) is 0 Å². The fourth-order valence-electron chi connectivity index (χ4n) is 3.20. The van der Waals surface area contributed by atoms with Crippen molar-refractivity contribution in [1.82, 2.24) is 0 Å². The lowest BCUT2D eigenvalue weighted by Crippen LogP contribution is -2.29. The number of hydrogen-bond acceptors (Lipinski definition) is 1. The maximum absolute atomic E-state index is 12.8. The van der Waals surface area contributed by atoms with Gasteiger partial charge >= 0.3 is 11.9 Å². The van der Waals surface area contributed by atoms with Crippen LogP contribution in [-0.2, 0) is 4.79 Å². The molecule has 0 amide bonds. The Hall–Kier alpha value is -0.670. The standard InChI is InChI=1S/C11H16F2O2/c12-11(13,10(14)15)4-3-9-6-7-1-2-8(9)5-7/h7-9H,1-6H2,(H,14,15)/t7-,8+,9?/m1/s1. The van der Waals surface area contributed by atoms with Gasteiger partial charge in [0, 0.05) is 6.42 Å². The van der Waals surface area contributed by atoms with E-state index in [0.717, 1.165) is 18.8 Å². The molecule has 0 heterocycles. The number of carboxylic acid groups (broad SMARTS) is 1. The smallest absolute Gasteiger partial charge is 0.374 e. The Labute approximate surface area is 87.7 Å². The van der Waals surface area contributed by atoms with Gasteiger partial charge in [-0.2, -0.15) is 8.78 Å². The molecular formula is C11H16F2O2. The summed E-state index contributed by atoms with van der Waals surface area (Å²) in [5.41, 5.74) is 0. The van der Waals surface area contributed by atoms with Crippen molar-refractivity contribution < 1.29 is 18.7 Å². The van der Waals surface area contributed by atoms with E-state index in [0.29, 0.717) is 18.3 Å². The Balaban J connectivity index is 1.81. The Morgan fingerprint density at radius 1 is 1.33 bits per heavy atom. The van der Waals surface area contributed by atoms with Crippen molar-refractivity contribution in [3.63, 3.8) is 0 Å². The number of carboxylic acids is 1. The number of carbonyl (C=O) groups is 1. The summed E-state index contributed by atoms with van der Waals surface area (Å²) in [4.78, 5) is 10.2. The number of alkyl halides is 2. The van der Waals surface area contributed by atoms with Gasteiger partial charge in [-0.05, 0) is 43.4 Å². The summed E-state index contributed by atoms with van der Waals surface area (Å²) < 4.78 is 25.7. The predicted molar refractivity (Wildman–Crippen MR) is 50.8 cm³/mol. The molecule has 0 aromatic heterocycles. The zero-order valence-corrected chi connectivity index (χ0v) is 8.59. The first-order valence-corrected chi connectivity index (χ1v) is 5.60. The molecular weight excluding hydrogens is 202 g/mol. The normalized spacial score (nSPS) is 34.7. The summed E-state index contributed by atoms with van der Waals surface area (Å²) >= 11 is 0. The van der Waals surface area contributed by atoms with E-state index in [9.17, 15) is 13.6 Å². The second kappa shape index (κ2) is 3.72. The molecule has 2 saturated carbocycles. The molecule has 0 aromatic rings. The number of fused-ring (bicyclic) bond motifs is 2. The minimum absolute atomic E-state index is 0.356. The van der Waals surface area contributed by atoms with E-state index in [1.807, 2.05) is 0 Å². The highest BCUT2D eigenvalue weighted by molar-refractivity contribution is 5.75. The largest absolute Gasteiger partial charge is 0.477 e. The fourth-order valence-corrected chi connectivity index (χ4v) is 3.20. The minimum atomic E-state index is -3.53. The summed E-state index contributed by atoms with van der Waals surface area (Å²) in [6.45, 7) is 0. The molecule has 2 fully saturated rings. The number of halogens is 2. The number of aliphatic carboxylic acids is 1. The lowest BCUT2D eigenvalue weighted by molar-refractivity contribution is -0.166. The summed E-state index contributed by atoms with van der Waals surface area (Å²) in [6.07, 6.45) is 4.52. The minimum Gasteiger partial charge on any atom is -0.477 e. The van der Waals surface area contributed by atoms with Gasteiger partial charge in [-0.15, -0.1) is 0 Å². The van der Waals surface area contributed by atoms with Crippen molar-refractivity contribution in [1.29, 1.82) is 0 Å². The topological polar surface area (TPSA) is 37.3 Å². The van der Waals surface area contributed by atoms with Crippen LogP contribution < -0.4 is 0 Å². The summed E-state index contributed by atoms with van der Waals surface area (Å²) in [5, 5.41) is 8.30. The molecule has 1 unspecified atom stereocenters. The second-order valence-electron chi connectivity index (χ2n) is 4.98. The first-order valence-electron chi connectivity index (χ1n) is 5.60. The van der Waals surface area contributed by atoms with Gasteiger partial charge in [0.05, 0.1) is 0 Å². The van der Waals surface area contributed by atoms with E-state index in [1.165, 1.54) is 12.8 Å². The van der Waals surface area contributed by atoms with Crippen molar-refractivity contribution in [3.05, 3.63) is 0 Å². The van der Waals surface area contributed by atoms with Crippen molar-refractivity contribution in [3.8, 4) is 0 Å². The highest BCUT2D eigenvalue weighted by Crippen LogP contribution is 2.50. The molecule has 2 rings (SSSR count). The summed E-state index contributed by atoms with van der Waals surface area (Å²) in [5.74, 6) is -3.82. The summed E-state index contributed by atoms with van der Waals surface area (Å²) in [6, 6.07) is 0. The fraction of sp³-hybridized carbons (Fsp3) is 0.909. The first-order chi connectivity index (χ1) is 6.99. The van der Waals surface area contributed by atoms with Crippen LogP contribution in [0.25, 0.3) is 0 Å². The van der Waals surface area contributed by atoms with Gasteiger partial charge in [-0.1, -0.05) is 6.42 Å². The quantitative estimate of drug-likeness (QED) is 0.787. The molecule has 2 bridgehead atoms. The first kappa shape index (κ1) is 10.8. The van der Waals surface area contributed by atoms with Crippen LogP contribution in [0, 0.1) is 17.8 Å². The highest BCUT2D eigenvalue weighted by atomic mass is 19.3. The SMILES string of the molecule is O=C(O)C(F)(F)CCC1C[C@@H]2CC[C@H]1C2. The number of rotatable bonds is 4. The molecule has 0 aliphatic heterocycles. The van der Waals surface area contributed by atoms with E-state index in [2.05, 4.69) is 0 Å². The van der Waals surface area contributed by atoms with Gasteiger partial charge in [0.25, 0.3) is 0 Å². The maximum Gasteiger partial charge on any atom is 0.374 e. The van der Waals surface area contributed by atoms with Gasteiger partial charge in [-0.25, -0.2) is 4.79 Å². The molecule has 1 N–H and O–H groups in total. The Bertz CT molecular complexity index is 265. The monoisotopic (exact) mass is 218 g/mol. The highest BCUT2D eigenvalue weighted by Gasteiger charge is 2.43. The lowest BCUT2D eigenvalue weighted by Gasteiger charge is -2.22. The Kier molecular flexibility index (Phi) is 2.69. The van der Waals surface area contributed by atoms with Crippen LogP contribution in [0.4, 0.5) is 8.78 Å². The van der Waals surface area contributed by atoms with E-state index < -0.39 is 18.3 Å². The molecule has 4 heteroatoms. The molecule has 0 saturated heterocycles. The molecule has 3 atom stereocenters. The molecule has 0 radical (unpaired) electrons. The van der Waals surface area contributed by atoms with E-state index in [1.54, 1.807) is 0 Å². The van der Waals surface area contributed by atoms with Crippen LogP contribution in [0.3, 0.4) is 0 Å². The van der Waals surface area contributed by atoms with Crippen molar-refractivity contribution in [2.75, 3.05) is 0 Å².